The molecule has 1 aromatic heterocycles. The van der Waals surface area contributed by atoms with Crippen LogP contribution in [0.2, 0.25) is 0 Å². The molecule has 130 valence electrons. The summed E-state index contributed by atoms with van der Waals surface area (Å²) in [5.74, 6) is 2.25. The number of nitrogens with zero attached hydrogens (tertiary/aromatic N) is 3. The highest BCUT2D eigenvalue weighted by Gasteiger charge is 2.11. The van der Waals surface area contributed by atoms with E-state index in [9.17, 15) is 0 Å². The molecule has 0 N–H and O–H groups in total. The van der Waals surface area contributed by atoms with E-state index in [1.807, 2.05) is 72.4 Å². The molecule has 0 saturated carbocycles. The summed E-state index contributed by atoms with van der Waals surface area (Å²) in [4.78, 5) is 9.22. The third kappa shape index (κ3) is 2.58. The van der Waals surface area contributed by atoms with Crippen LogP contribution >= 0.6 is 0 Å². The summed E-state index contributed by atoms with van der Waals surface area (Å²) >= 11 is 0. The molecular formula is C21H19N3O2. The zero-order valence-electron chi connectivity index (χ0n) is 14.9. The summed E-state index contributed by atoms with van der Waals surface area (Å²) in [5.41, 5.74) is 2.93. The van der Waals surface area contributed by atoms with Gasteiger partial charge in [-0.3, -0.25) is 0 Å². The van der Waals surface area contributed by atoms with Crippen molar-refractivity contribution in [2.75, 3.05) is 14.2 Å². The van der Waals surface area contributed by atoms with Gasteiger partial charge in [-0.25, -0.2) is 9.98 Å². The Morgan fingerprint density at radius 2 is 1.73 bits per heavy atom. The Labute approximate surface area is 151 Å². The molecule has 0 atom stereocenters. The number of imidazole rings is 1. The number of benzene rings is 3. The average molecular weight is 345 g/mol. The molecule has 0 aliphatic carbocycles. The molecule has 0 bridgehead atoms. The number of aliphatic imine (C=N–C) groups is 1. The van der Waals surface area contributed by atoms with Crippen molar-refractivity contribution < 1.29 is 9.47 Å². The third-order valence-electron chi connectivity index (χ3n) is 4.52. The van der Waals surface area contributed by atoms with E-state index >= 15 is 0 Å². The second kappa shape index (κ2) is 6.52. The smallest absolute Gasteiger partial charge is 0.230 e. The van der Waals surface area contributed by atoms with E-state index in [4.69, 9.17) is 9.47 Å². The van der Waals surface area contributed by atoms with Crippen LogP contribution in [0.3, 0.4) is 0 Å². The molecule has 0 saturated heterocycles. The van der Waals surface area contributed by atoms with Crippen molar-refractivity contribution in [3.8, 4) is 11.5 Å². The molecule has 26 heavy (non-hydrogen) atoms. The van der Waals surface area contributed by atoms with E-state index in [1.54, 1.807) is 14.2 Å². The monoisotopic (exact) mass is 345 g/mol. The topological polar surface area (TPSA) is 48.6 Å². The van der Waals surface area contributed by atoms with E-state index in [2.05, 4.69) is 9.98 Å². The minimum atomic E-state index is 0.657. The molecule has 0 radical (unpaired) electrons. The van der Waals surface area contributed by atoms with E-state index in [-0.39, 0.29) is 0 Å². The molecule has 0 unspecified atom stereocenters. The van der Waals surface area contributed by atoms with Gasteiger partial charge in [-0.15, -0.1) is 0 Å². The summed E-state index contributed by atoms with van der Waals surface area (Å²) in [6, 6.07) is 17.8. The number of hydrogen-bond acceptors (Lipinski definition) is 4. The molecule has 0 aliphatic heterocycles. The van der Waals surface area contributed by atoms with E-state index in [0.29, 0.717) is 5.95 Å². The SMILES string of the molecule is COc1ccc(/C=N/c2nc3ccccc3n2C)c2c(OC)cccc12. The molecule has 3 aromatic carbocycles. The van der Waals surface area contributed by atoms with Gasteiger partial charge in [0.15, 0.2) is 0 Å². The van der Waals surface area contributed by atoms with Crippen molar-refractivity contribution in [1.82, 2.24) is 9.55 Å². The highest BCUT2D eigenvalue weighted by atomic mass is 16.5. The first kappa shape index (κ1) is 16.1. The van der Waals surface area contributed by atoms with E-state index in [0.717, 1.165) is 38.9 Å². The van der Waals surface area contributed by atoms with Crippen LogP contribution in [0.15, 0.2) is 59.6 Å². The number of rotatable bonds is 4. The van der Waals surface area contributed by atoms with Crippen molar-refractivity contribution in [1.29, 1.82) is 0 Å². The summed E-state index contributed by atoms with van der Waals surface area (Å²) in [5, 5.41) is 1.96. The summed E-state index contributed by atoms with van der Waals surface area (Å²) < 4.78 is 13.0. The van der Waals surface area contributed by atoms with E-state index in [1.165, 1.54) is 0 Å². The third-order valence-corrected chi connectivity index (χ3v) is 4.52. The predicted octanol–water partition coefficient (Wildman–Crippen LogP) is 4.49. The molecule has 0 fully saturated rings. The van der Waals surface area contributed by atoms with Crippen LogP contribution in [0, 0.1) is 0 Å². The predicted molar refractivity (Wildman–Crippen MR) is 105 cm³/mol. The van der Waals surface area contributed by atoms with Crippen LogP contribution in [-0.4, -0.2) is 30.0 Å². The van der Waals surface area contributed by atoms with Gasteiger partial charge in [0.1, 0.15) is 11.5 Å². The van der Waals surface area contributed by atoms with Gasteiger partial charge in [0.2, 0.25) is 5.95 Å². The lowest BCUT2D eigenvalue weighted by atomic mass is 10.0. The first-order chi connectivity index (χ1) is 12.7. The first-order valence-electron chi connectivity index (χ1n) is 8.32. The molecule has 4 rings (SSSR count). The molecule has 0 amide bonds. The van der Waals surface area contributed by atoms with Gasteiger partial charge in [0.05, 0.1) is 25.3 Å². The Bertz CT molecular complexity index is 1130. The van der Waals surface area contributed by atoms with Crippen LogP contribution in [0.25, 0.3) is 21.8 Å². The standard InChI is InChI=1S/C21H19N3O2/c1-24-17-9-5-4-8-16(17)23-21(24)22-13-14-11-12-18(25-2)15-7-6-10-19(26-3)20(14)15/h4-13H,1-3H3/b22-13+. The van der Waals surface area contributed by atoms with Crippen molar-refractivity contribution in [3.05, 3.63) is 60.2 Å². The second-order valence-electron chi connectivity index (χ2n) is 5.96. The molecule has 4 aromatic rings. The Kier molecular flexibility index (Phi) is 4.05. The number of hydrogen-bond donors (Lipinski definition) is 0. The number of ether oxygens (including phenoxy) is 2. The number of para-hydroxylation sites is 2. The number of aryl methyl sites for hydroxylation is 1. The van der Waals surface area contributed by atoms with Crippen molar-refractivity contribution in [2.45, 2.75) is 0 Å². The molecule has 1 heterocycles. The molecule has 0 aliphatic rings. The normalized spacial score (nSPS) is 11.5. The maximum atomic E-state index is 5.55. The van der Waals surface area contributed by atoms with Crippen LogP contribution in [0.5, 0.6) is 11.5 Å². The number of fused-ring (bicyclic) bond motifs is 2. The number of methoxy groups -OCH3 is 2. The van der Waals surface area contributed by atoms with Gasteiger partial charge in [-0.1, -0.05) is 24.3 Å². The highest BCUT2D eigenvalue weighted by molar-refractivity contribution is 6.06. The fourth-order valence-electron chi connectivity index (χ4n) is 3.20. The molecule has 5 heteroatoms. The van der Waals surface area contributed by atoms with Gasteiger partial charge in [0, 0.05) is 29.6 Å². The summed E-state index contributed by atoms with van der Waals surface area (Å²) in [6.45, 7) is 0. The summed E-state index contributed by atoms with van der Waals surface area (Å²) in [7, 11) is 5.30. The van der Waals surface area contributed by atoms with Crippen LogP contribution < -0.4 is 9.47 Å². The van der Waals surface area contributed by atoms with Gasteiger partial charge in [0.25, 0.3) is 0 Å². The minimum Gasteiger partial charge on any atom is -0.496 e. The zero-order chi connectivity index (χ0) is 18.1. The number of aromatic nitrogens is 2. The van der Waals surface area contributed by atoms with E-state index < -0.39 is 0 Å². The van der Waals surface area contributed by atoms with Gasteiger partial charge in [-0.05, 0) is 30.3 Å². The lowest BCUT2D eigenvalue weighted by Gasteiger charge is -2.11. The zero-order valence-corrected chi connectivity index (χ0v) is 14.9. The van der Waals surface area contributed by atoms with Crippen molar-refractivity contribution in [3.63, 3.8) is 0 Å². The van der Waals surface area contributed by atoms with Gasteiger partial charge in [-0.2, -0.15) is 0 Å². The van der Waals surface area contributed by atoms with Gasteiger partial charge >= 0.3 is 0 Å². The summed E-state index contributed by atoms with van der Waals surface area (Å²) in [6.07, 6.45) is 1.82. The fraction of sp³-hybridized carbons (Fsp3) is 0.143. The Hall–Kier alpha value is -3.34. The van der Waals surface area contributed by atoms with Crippen LogP contribution in [0.1, 0.15) is 5.56 Å². The minimum absolute atomic E-state index is 0.657. The molecule has 0 spiro atoms. The van der Waals surface area contributed by atoms with Crippen molar-refractivity contribution in [2.24, 2.45) is 12.0 Å². The molecular weight excluding hydrogens is 326 g/mol. The fourth-order valence-corrected chi connectivity index (χ4v) is 3.20. The Balaban J connectivity index is 1.86. The van der Waals surface area contributed by atoms with Crippen LogP contribution in [0.4, 0.5) is 5.95 Å². The lowest BCUT2D eigenvalue weighted by Crippen LogP contribution is -1.94. The second-order valence-corrected chi connectivity index (χ2v) is 5.96. The van der Waals surface area contributed by atoms with Crippen molar-refractivity contribution >= 4 is 34.0 Å². The Morgan fingerprint density at radius 3 is 2.50 bits per heavy atom. The van der Waals surface area contributed by atoms with Crippen LogP contribution in [-0.2, 0) is 7.05 Å². The Morgan fingerprint density at radius 1 is 0.923 bits per heavy atom. The molecule has 5 nitrogen and oxygen atoms in total. The lowest BCUT2D eigenvalue weighted by molar-refractivity contribution is 0.415. The highest BCUT2D eigenvalue weighted by Crippen LogP contribution is 2.34. The maximum Gasteiger partial charge on any atom is 0.230 e. The average Bonchev–Trinajstić information content (AvgIpc) is 3.01. The van der Waals surface area contributed by atoms with Gasteiger partial charge < -0.3 is 14.0 Å². The first-order valence-corrected chi connectivity index (χ1v) is 8.32. The largest absolute Gasteiger partial charge is 0.496 e. The maximum absolute atomic E-state index is 5.55. The quantitative estimate of drug-likeness (QED) is 0.512.